The van der Waals surface area contributed by atoms with Crippen LogP contribution >= 0.6 is 0 Å². The van der Waals surface area contributed by atoms with Gasteiger partial charge in [-0.05, 0) is 6.07 Å². The van der Waals surface area contributed by atoms with Gasteiger partial charge in [0.1, 0.15) is 17.3 Å². The minimum absolute atomic E-state index is 0.190. The maximum absolute atomic E-state index is 10.8. The lowest BCUT2D eigenvalue weighted by Crippen LogP contribution is -2.10. The normalized spacial score (nSPS) is 11.0. The van der Waals surface area contributed by atoms with Crippen molar-refractivity contribution in [3.63, 3.8) is 0 Å². The predicted molar refractivity (Wildman–Crippen MR) is 61.4 cm³/mol. The highest BCUT2D eigenvalue weighted by Gasteiger charge is 2.13. The molecule has 0 saturated heterocycles. The van der Waals surface area contributed by atoms with Gasteiger partial charge in [-0.25, -0.2) is 4.79 Å². The Morgan fingerprint density at radius 3 is 2.56 bits per heavy atom. The van der Waals surface area contributed by atoms with Crippen LogP contribution < -0.4 is 9.47 Å². The molecule has 0 unspecified atom stereocenters. The molecule has 0 atom stereocenters. The van der Waals surface area contributed by atoms with Gasteiger partial charge in [-0.3, -0.25) is 4.55 Å². The second kappa shape index (κ2) is 5.69. The number of hydrogen-bond donors (Lipinski definition) is 2. The number of carboxylic acids is 1. The third-order valence-corrected chi connectivity index (χ3v) is 2.63. The Labute approximate surface area is 104 Å². The molecular weight excluding hydrogens is 264 g/mol. The number of carbonyl (C=O) groups is 1. The smallest absolute Gasteiger partial charge is 0.341 e. The molecule has 0 heterocycles. The molecule has 1 aromatic rings. The topological polar surface area (TPSA) is 110 Å². The zero-order valence-electron chi connectivity index (χ0n) is 9.49. The maximum Gasteiger partial charge on any atom is 0.341 e. The third-order valence-electron chi connectivity index (χ3n) is 1.96. The summed E-state index contributed by atoms with van der Waals surface area (Å²) in [5.41, 5.74) is 0.252. The van der Waals surface area contributed by atoms with E-state index in [9.17, 15) is 13.2 Å². The van der Waals surface area contributed by atoms with E-state index in [0.717, 1.165) is 0 Å². The molecule has 0 fully saturated rings. The first-order chi connectivity index (χ1) is 8.31. The molecule has 0 aliphatic carbocycles. The molecule has 0 radical (unpaired) electrons. The molecule has 100 valence electrons. The van der Waals surface area contributed by atoms with Gasteiger partial charge in [0.25, 0.3) is 10.1 Å². The van der Waals surface area contributed by atoms with E-state index in [4.69, 9.17) is 19.1 Å². The fourth-order valence-corrected chi connectivity index (χ4v) is 1.91. The molecule has 0 aliphatic rings. The molecule has 0 amide bonds. The van der Waals surface area contributed by atoms with Gasteiger partial charge >= 0.3 is 5.97 Å². The molecule has 0 spiro atoms. The van der Waals surface area contributed by atoms with Crippen LogP contribution in [0.4, 0.5) is 0 Å². The first-order valence-corrected chi connectivity index (χ1v) is 6.39. The standard InChI is InChI=1S/C10H12O7S/c1-16-9-4-8(17-5-10(11)12)3-2-7(9)6-18(13,14)15/h2-4H,5-6H2,1H3,(H,11,12)(H,13,14,15). The third kappa shape index (κ3) is 4.60. The van der Waals surface area contributed by atoms with Gasteiger partial charge in [0, 0.05) is 11.6 Å². The molecule has 0 bridgehead atoms. The molecule has 0 aromatic heterocycles. The summed E-state index contributed by atoms with van der Waals surface area (Å²) in [4.78, 5) is 10.3. The Balaban J connectivity index is 2.93. The lowest BCUT2D eigenvalue weighted by atomic mass is 10.2. The Bertz CT molecular complexity index is 535. The van der Waals surface area contributed by atoms with E-state index in [1.807, 2.05) is 0 Å². The Morgan fingerprint density at radius 1 is 1.39 bits per heavy atom. The van der Waals surface area contributed by atoms with E-state index in [1.54, 1.807) is 0 Å². The average molecular weight is 276 g/mol. The van der Waals surface area contributed by atoms with Gasteiger partial charge in [-0.15, -0.1) is 0 Å². The van der Waals surface area contributed by atoms with E-state index in [-0.39, 0.29) is 17.1 Å². The molecule has 2 N–H and O–H groups in total. The van der Waals surface area contributed by atoms with E-state index >= 15 is 0 Å². The van der Waals surface area contributed by atoms with Crippen molar-refractivity contribution in [3.05, 3.63) is 23.8 Å². The second-order valence-electron chi connectivity index (χ2n) is 3.38. The predicted octanol–water partition coefficient (Wildman–Crippen LogP) is 0.546. The fourth-order valence-electron chi connectivity index (χ4n) is 1.28. The number of methoxy groups -OCH3 is 1. The summed E-state index contributed by atoms with van der Waals surface area (Å²) in [5.74, 6) is -1.30. The van der Waals surface area contributed by atoms with Crippen LogP contribution in [0.3, 0.4) is 0 Å². The molecule has 0 aliphatic heterocycles. The molecule has 7 nitrogen and oxygen atoms in total. The molecule has 8 heteroatoms. The van der Waals surface area contributed by atoms with Crippen LogP contribution in [-0.2, 0) is 20.7 Å². The number of benzene rings is 1. The highest BCUT2D eigenvalue weighted by Crippen LogP contribution is 2.26. The van der Waals surface area contributed by atoms with Crippen LogP contribution in [0.25, 0.3) is 0 Å². The fraction of sp³-hybridized carbons (Fsp3) is 0.300. The van der Waals surface area contributed by atoms with Crippen LogP contribution in [-0.4, -0.2) is 37.8 Å². The lowest BCUT2D eigenvalue weighted by Gasteiger charge is -2.10. The molecule has 1 aromatic carbocycles. The Hall–Kier alpha value is -1.80. The van der Waals surface area contributed by atoms with Gasteiger partial charge in [-0.2, -0.15) is 8.42 Å². The van der Waals surface area contributed by atoms with E-state index in [0.29, 0.717) is 0 Å². The summed E-state index contributed by atoms with van der Waals surface area (Å²) < 4.78 is 40.1. The van der Waals surface area contributed by atoms with Gasteiger partial charge in [-0.1, -0.05) is 6.07 Å². The highest BCUT2D eigenvalue weighted by atomic mass is 32.2. The second-order valence-corrected chi connectivity index (χ2v) is 4.83. The van der Waals surface area contributed by atoms with E-state index < -0.39 is 28.4 Å². The van der Waals surface area contributed by atoms with Gasteiger partial charge in [0.05, 0.1) is 7.11 Å². The number of carboxylic acid groups (broad SMARTS) is 1. The maximum atomic E-state index is 10.8. The van der Waals surface area contributed by atoms with E-state index in [2.05, 4.69) is 0 Å². The summed E-state index contributed by atoms with van der Waals surface area (Å²) in [6.07, 6.45) is 0. The summed E-state index contributed by atoms with van der Waals surface area (Å²) in [6, 6.07) is 4.12. The van der Waals surface area contributed by atoms with Crippen molar-refractivity contribution in [1.29, 1.82) is 0 Å². The Morgan fingerprint density at radius 2 is 2.06 bits per heavy atom. The number of ether oxygens (including phenoxy) is 2. The van der Waals surface area contributed by atoms with Crippen molar-refractivity contribution in [2.45, 2.75) is 5.75 Å². The lowest BCUT2D eigenvalue weighted by molar-refractivity contribution is -0.139. The quantitative estimate of drug-likeness (QED) is 0.730. The first-order valence-electron chi connectivity index (χ1n) is 4.78. The number of hydrogen-bond acceptors (Lipinski definition) is 5. The zero-order chi connectivity index (χ0) is 13.8. The SMILES string of the molecule is COc1cc(OCC(=O)O)ccc1CS(=O)(=O)O. The van der Waals surface area contributed by atoms with Crippen molar-refractivity contribution in [2.24, 2.45) is 0 Å². The van der Waals surface area contributed by atoms with Crippen LogP contribution in [0.5, 0.6) is 11.5 Å². The van der Waals surface area contributed by atoms with Crippen LogP contribution in [0.15, 0.2) is 18.2 Å². The van der Waals surface area contributed by atoms with Gasteiger partial charge in [0.2, 0.25) is 0 Å². The number of rotatable bonds is 6. The van der Waals surface area contributed by atoms with Gasteiger partial charge in [0.15, 0.2) is 6.61 Å². The van der Waals surface area contributed by atoms with Crippen molar-refractivity contribution in [3.8, 4) is 11.5 Å². The van der Waals surface area contributed by atoms with Crippen LogP contribution in [0.2, 0.25) is 0 Å². The summed E-state index contributed by atoms with van der Waals surface area (Å²) in [5, 5.41) is 8.44. The highest BCUT2D eigenvalue weighted by molar-refractivity contribution is 7.85. The van der Waals surface area contributed by atoms with Crippen molar-refractivity contribution < 1.29 is 32.3 Å². The largest absolute Gasteiger partial charge is 0.496 e. The zero-order valence-corrected chi connectivity index (χ0v) is 10.3. The van der Waals surface area contributed by atoms with Crippen molar-refractivity contribution in [1.82, 2.24) is 0 Å². The minimum Gasteiger partial charge on any atom is -0.496 e. The summed E-state index contributed by atoms with van der Waals surface area (Å²) in [7, 11) is -2.84. The first kappa shape index (κ1) is 14.3. The monoisotopic (exact) mass is 276 g/mol. The minimum atomic E-state index is -4.16. The number of aliphatic carboxylic acids is 1. The van der Waals surface area contributed by atoms with E-state index in [1.165, 1.54) is 25.3 Å². The summed E-state index contributed by atoms with van der Waals surface area (Å²) >= 11 is 0. The van der Waals surface area contributed by atoms with Crippen LogP contribution in [0, 0.1) is 0 Å². The summed E-state index contributed by atoms with van der Waals surface area (Å²) in [6.45, 7) is -0.513. The average Bonchev–Trinajstić information content (AvgIpc) is 2.25. The van der Waals surface area contributed by atoms with Gasteiger partial charge < -0.3 is 14.6 Å². The molecule has 0 saturated carbocycles. The van der Waals surface area contributed by atoms with Crippen LogP contribution in [0.1, 0.15) is 5.56 Å². The molecule has 1 rings (SSSR count). The Kier molecular flexibility index (Phi) is 4.51. The van der Waals surface area contributed by atoms with Crippen molar-refractivity contribution in [2.75, 3.05) is 13.7 Å². The molecule has 18 heavy (non-hydrogen) atoms. The van der Waals surface area contributed by atoms with Crippen molar-refractivity contribution >= 4 is 16.1 Å². The molecular formula is C10H12O7S.